The van der Waals surface area contributed by atoms with Gasteiger partial charge in [-0.25, -0.2) is 0 Å². The highest BCUT2D eigenvalue weighted by molar-refractivity contribution is 5.57. The van der Waals surface area contributed by atoms with Crippen LogP contribution in [0.2, 0.25) is 0 Å². The van der Waals surface area contributed by atoms with Crippen molar-refractivity contribution in [1.29, 1.82) is 0 Å². The first-order valence-corrected chi connectivity index (χ1v) is 17.8. The van der Waals surface area contributed by atoms with Crippen LogP contribution < -0.4 is 18.9 Å². The van der Waals surface area contributed by atoms with Crippen molar-refractivity contribution in [3.63, 3.8) is 0 Å². The van der Waals surface area contributed by atoms with Crippen molar-refractivity contribution in [3.05, 3.63) is 116 Å². The van der Waals surface area contributed by atoms with Gasteiger partial charge in [-0.3, -0.25) is 0 Å². The molecule has 0 unspecified atom stereocenters. The summed E-state index contributed by atoms with van der Waals surface area (Å²) in [5, 5.41) is 20.9. The van der Waals surface area contributed by atoms with E-state index in [-0.39, 0.29) is 13.2 Å². The zero-order chi connectivity index (χ0) is 33.9. The maximum absolute atomic E-state index is 10.4. The highest BCUT2D eigenvalue weighted by Gasteiger charge is 2.23. The molecule has 0 fully saturated rings. The van der Waals surface area contributed by atoms with E-state index in [1.807, 2.05) is 0 Å². The van der Waals surface area contributed by atoms with Gasteiger partial charge in [-0.1, -0.05) is 64.1 Å². The van der Waals surface area contributed by atoms with Gasteiger partial charge in [-0.05, 0) is 106 Å². The molecule has 8 bridgehead atoms. The van der Waals surface area contributed by atoms with Crippen molar-refractivity contribution < 1.29 is 29.2 Å². The lowest BCUT2D eigenvalue weighted by Gasteiger charge is -2.23. The van der Waals surface area contributed by atoms with Crippen LogP contribution in [0.4, 0.5) is 0 Å². The molecule has 1 aliphatic carbocycles. The first-order chi connectivity index (χ1) is 23.5. The summed E-state index contributed by atoms with van der Waals surface area (Å²) in [4.78, 5) is 0. The van der Waals surface area contributed by atoms with E-state index in [4.69, 9.17) is 18.9 Å². The largest absolute Gasteiger partial charge is 0.493 e. The number of para-hydroxylation sites is 2. The van der Waals surface area contributed by atoms with Gasteiger partial charge >= 0.3 is 0 Å². The lowest BCUT2D eigenvalue weighted by Crippen LogP contribution is -2.11. The third kappa shape index (κ3) is 8.34. The number of rotatable bonds is 14. The first-order valence-electron chi connectivity index (χ1n) is 17.8. The van der Waals surface area contributed by atoms with Crippen molar-refractivity contribution in [2.75, 3.05) is 26.4 Å². The Morgan fingerprint density at radius 2 is 0.667 bits per heavy atom. The van der Waals surface area contributed by atoms with E-state index in [9.17, 15) is 10.2 Å². The number of hydrogen-bond acceptors (Lipinski definition) is 6. The molecule has 4 aromatic rings. The number of benzene rings is 4. The molecule has 5 rings (SSSR count). The van der Waals surface area contributed by atoms with Gasteiger partial charge in [-0.15, -0.1) is 0 Å². The Bertz CT molecular complexity index is 1540. The molecule has 0 spiro atoms. The summed E-state index contributed by atoms with van der Waals surface area (Å²) in [7, 11) is 0. The van der Waals surface area contributed by atoms with Crippen molar-refractivity contribution in [1.82, 2.24) is 0 Å². The normalized spacial score (nSPS) is 12.5. The van der Waals surface area contributed by atoms with Crippen LogP contribution in [0.1, 0.15) is 109 Å². The van der Waals surface area contributed by atoms with Gasteiger partial charge in [-0.2, -0.15) is 0 Å². The minimum Gasteiger partial charge on any atom is -0.493 e. The summed E-state index contributed by atoms with van der Waals surface area (Å²) in [6, 6.07) is 21.1. The standard InChI is InChI=1S/C42H52O6/c1-5-15-45-39-31-11-9-13-33(39)24-35-19-29(27-43)21-37(41(35)47-17-7-3)26-38-22-30(28-44)20-36(42(38)48-18-8-4)25-34-14-10-12-32(23-31)40(34)46-16-6-2/h9-14,19-22,43-44H,5-8,15-18,23-28H2,1-4H3. The lowest BCUT2D eigenvalue weighted by molar-refractivity contribution is 0.280. The summed E-state index contributed by atoms with van der Waals surface area (Å²) in [6.45, 7) is 10.7. The van der Waals surface area contributed by atoms with E-state index >= 15 is 0 Å². The van der Waals surface area contributed by atoms with Crippen LogP contribution in [0.5, 0.6) is 23.0 Å². The molecule has 0 saturated carbocycles. The van der Waals surface area contributed by atoms with Gasteiger partial charge in [0.05, 0.1) is 39.6 Å². The Morgan fingerprint density at radius 1 is 0.417 bits per heavy atom. The second kappa shape index (κ2) is 17.4. The summed E-state index contributed by atoms with van der Waals surface area (Å²) in [5.41, 5.74) is 10.0. The fourth-order valence-corrected chi connectivity index (χ4v) is 6.57. The molecule has 0 aliphatic heterocycles. The fourth-order valence-electron chi connectivity index (χ4n) is 6.57. The molecule has 48 heavy (non-hydrogen) atoms. The molecule has 6 nitrogen and oxygen atoms in total. The Balaban J connectivity index is 1.82. The van der Waals surface area contributed by atoms with Crippen LogP contribution in [0, 0.1) is 0 Å². The van der Waals surface area contributed by atoms with Gasteiger partial charge in [0.2, 0.25) is 0 Å². The molecule has 2 N–H and O–H groups in total. The number of aliphatic hydroxyl groups excluding tert-OH is 2. The maximum Gasteiger partial charge on any atom is 0.126 e. The number of aliphatic hydroxyl groups is 2. The average Bonchev–Trinajstić information content (AvgIpc) is 3.09. The summed E-state index contributed by atoms with van der Waals surface area (Å²) in [6.07, 6.45) is 5.91. The molecule has 4 aromatic carbocycles. The van der Waals surface area contributed by atoms with Gasteiger partial charge in [0, 0.05) is 25.7 Å². The van der Waals surface area contributed by atoms with E-state index < -0.39 is 0 Å². The van der Waals surface area contributed by atoms with E-state index in [0.29, 0.717) is 52.1 Å². The highest BCUT2D eigenvalue weighted by atomic mass is 16.5. The van der Waals surface area contributed by atoms with Crippen LogP contribution in [0.3, 0.4) is 0 Å². The molecule has 0 saturated heterocycles. The number of ether oxygens (including phenoxy) is 4. The average molecular weight is 653 g/mol. The third-order valence-electron chi connectivity index (χ3n) is 8.65. The summed E-state index contributed by atoms with van der Waals surface area (Å²) >= 11 is 0. The molecule has 6 heteroatoms. The zero-order valence-electron chi connectivity index (χ0n) is 29.2. The first kappa shape index (κ1) is 35.3. The highest BCUT2D eigenvalue weighted by Crippen LogP contribution is 2.40. The van der Waals surface area contributed by atoms with Gasteiger partial charge < -0.3 is 29.2 Å². The van der Waals surface area contributed by atoms with Crippen molar-refractivity contribution >= 4 is 0 Å². The van der Waals surface area contributed by atoms with Crippen molar-refractivity contribution in [2.24, 2.45) is 0 Å². The third-order valence-corrected chi connectivity index (χ3v) is 8.65. The predicted molar refractivity (Wildman–Crippen MR) is 192 cm³/mol. The summed E-state index contributed by atoms with van der Waals surface area (Å²) < 4.78 is 26.2. The molecular formula is C42H52O6. The lowest BCUT2D eigenvalue weighted by atomic mass is 9.89. The molecular weight excluding hydrogens is 600 g/mol. The number of hydrogen-bond donors (Lipinski definition) is 2. The van der Waals surface area contributed by atoms with Crippen LogP contribution in [0.15, 0.2) is 60.7 Å². The van der Waals surface area contributed by atoms with Crippen molar-refractivity contribution in [3.8, 4) is 23.0 Å². The van der Waals surface area contributed by atoms with Gasteiger partial charge in [0.15, 0.2) is 0 Å². The summed E-state index contributed by atoms with van der Waals surface area (Å²) in [5.74, 6) is 3.49. The monoisotopic (exact) mass is 652 g/mol. The molecule has 0 amide bonds. The van der Waals surface area contributed by atoms with Crippen LogP contribution in [0.25, 0.3) is 0 Å². The minimum atomic E-state index is -0.0798. The number of fused-ring (bicyclic) bond motifs is 8. The SMILES string of the molecule is CCCOc1c2cccc1Cc1cc(CO)cc(c1OCCC)Cc1cc(CO)cc(c1OCCC)Cc1cccc(c1OCCC)C2. The Hall–Kier alpha value is -4.00. The minimum absolute atomic E-state index is 0.0798. The molecule has 256 valence electrons. The molecule has 0 radical (unpaired) electrons. The molecule has 0 aromatic heterocycles. The Morgan fingerprint density at radius 3 is 0.938 bits per heavy atom. The molecule has 0 atom stereocenters. The second-order valence-corrected chi connectivity index (χ2v) is 12.7. The molecule has 0 heterocycles. The smallest absolute Gasteiger partial charge is 0.126 e. The zero-order valence-corrected chi connectivity index (χ0v) is 29.2. The van der Waals surface area contributed by atoms with E-state index in [0.717, 1.165) is 104 Å². The quantitative estimate of drug-likeness (QED) is 0.125. The van der Waals surface area contributed by atoms with Gasteiger partial charge in [0.25, 0.3) is 0 Å². The fraction of sp³-hybridized carbons (Fsp3) is 0.429. The van der Waals surface area contributed by atoms with Crippen LogP contribution in [-0.2, 0) is 38.9 Å². The van der Waals surface area contributed by atoms with Crippen molar-refractivity contribution in [2.45, 2.75) is 92.3 Å². The Kier molecular flexibility index (Phi) is 12.8. The van der Waals surface area contributed by atoms with E-state index in [1.54, 1.807) is 0 Å². The van der Waals surface area contributed by atoms with Crippen LogP contribution >= 0.6 is 0 Å². The van der Waals surface area contributed by atoms with E-state index in [1.165, 1.54) is 0 Å². The maximum atomic E-state index is 10.4. The van der Waals surface area contributed by atoms with Gasteiger partial charge in [0.1, 0.15) is 23.0 Å². The molecule has 1 aliphatic rings. The van der Waals surface area contributed by atoms with E-state index in [2.05, 4.69) is 88.4 Å². The van der Waals surface area contributed by atoms with Crippen LogP contribution in [-0.4, -0.2) is 36.6 Å². The second-order valence-electron chi connectivity index (χ2n) is 12.7. The topological polar surface area (TPSA) is 77.4 Å². The Labute approximate surface area is 286 Å². The predicted octanol–water partition coefficient (Wildman–Crippen LogP) is 8.50.